The third-order valence-electron chi connectivity index (χ3n) is 4.70. The molecule has 0 aromatic carbocycles. The Balaban J connectivity index is 1.98. The van der Waals surface area contributed by atoms with Crippen LogP contribution >= 0.6 is 0 Å². The Kier molecular flexibility index (Phi) is 4.60. The molecule has 0 amide bonds. The number of nitrogens with two attached hydrogens (primary N) is 1. The molecule has 0 spiro atoms. The summed E-state index contributed by atoms with van der Waals surface area (Å²) in [4.78, 5) is 25.5. The van der Waals surface area contributed by atoms with Crippen molar-refractivity contribution in [3.8, 4) is 0 Å². The molecule has 26 heavy (non-hydrogen) atoms. The van der Waals surface area contributed by atoms with Crippen LogP contribution in [-0.4, -0.2) is 49.2 Å². The first-order chi connectivity index (χ1) is 11.9. The molecule has 2 aromatic rings. The number of H-pyrrole nitrogens is 1. The minimum Gasteiger partial charge on any atom is -0.369 e. The molecular weight excluding hydrogens is 332 g/mol. The van der Waals surface area contributed by atoms with E-state index in [9.17, 15) is 4.79 Å². The van der Waals surface area contributed by atoms with Crippen molar-refractivity contribution in [2.45, 2.75) is 65.8 Å². The summed E-state index contributed by atoms with van der Waals surface area (Å²) >= 11 is 0. The zero-order chi connectivity index (χ0) is 19.3. The molecule has 1 aliphatic rings. The fourth-order valence-corrected chi connectivity index (χ4v) is 3.47. The van der Waals surface area contributed by atoms with E-state index < -0.39 is 0 Å². The van der Waals surface area contributed by atoms with E-state index in [0.29, 0.717) is 12.2 Å². The highest BCUT2D eigenvalue weighted by Gasteiger charge is 2.36. The second-order valence-electron chi connectivity index (χ2n) is 9.33. The average molecular weight is 362 g/mol. The van der Waals surface area contributed by atoms with Crippen molar-refractivity contribution < 1.29 is 4.74 Å². The van der Waals surface area contributed by atoms with E-state index >= 15 is 0 Å². The van der Waals surface area contributed by atoms with Crippen molar-refractivity contribution in [1.82, 2.24) is 24.4 Å². The molecule has 2 atom stereocenters. The monoisotopic (exact) mass is 362 g/mol. The topological polar surface area (TPSA) is 102 Å². The lowest BCUT2D eigenvalue weighted by Gasteiger charge is -2.46. The first-order valence-electron chi connectivity index (χ1n) is 9.07. The van der Waals surface area contributed by atoms with E-state index in [-0.39, 0.29) is 40.3 Å². The van der Waals surface area contributed by atoms with Gasteiger partial charge in [0.15, 0.2) is 11.2 Å². The van der Waals surface area contributed by atoms with Crippen molar-refractivity contribution in [1.29, 1.82) is 0 Å². The predicted octanol–water partition coefficient (Wildman–Crippen LogP) is 2.14. The molecule has 144 valence electrons. The van der Waals surface area contributed by atoms with Gasteiger partial charge in [-0.3, -0.25) is 19.2 Å². The van der Waals surface area contributed by atoms with Crippen molar-refractivity contribution in [3.05, 3.63) is 16.7 Å². The number of rotatable bonds is 2. The Morgan fingerprint density at radius 2 is 1.96 bits per heavy atom. The number of nitrogens with zero attached hydrogens (tertiary/aromatic N) is 4. The van der Waals surface area contributed by atoms with Gasteiger partial charge in [0.1, 0.15) is 6.23 Å². The van der Waals surface area contributed by atoms with E-state index in [0.717, 1.165) is 13.0 Å². The van der Waals surface area contributed by atoms with Crippen molar-refractivity contribution in [2.24, 2.45) is 5.41 Å². The number of nitrogen functional groups attached to an aromatic ring is 1. The van der Waals surface area contributed by atoms with Gasteiger partial charge in [-0.15, -0.1) is 0 Å². The number of aromatic amines is 1. The summed E-state index contributed by atoms with van der Waals surface area (Å²) in [5.41, 5.74) is 6.31. The van der Waals surface area contributed by atoms with Crippen LogP contribution in [0.3, 0.4) is 0 Å². The van der Waals surface area contributed by atoms with Gasteiger partial charge in [0.2, 0.25) is 5.95 Å². The SMILES string of the molecule is CC(C)(C)C[C@@H]1CN(C(C)(C)C)C[C@H](n2cnc3c(=O)[nH]c(N)nc32)O1. The molecule has 0 unspecified atom stereocenters. The average Bonchev–Trinajstić information content (AvgIpc) is 2.88. The second kappa shape index (κ2) is 6.35. The summed E-state index contributed by atoms with van der Waals surface area (Å²) < 4.78 is 8.24. The molecule has 1 fully saturated rings. The smallest absolute Gasteiger partial charge is 0.280 e. The Morgan fingerprint density at radius 1 is 1.27 bits per heavy atom. The molecular formula is C18H30N6O2. The number of morpholine rings is 1. The Labute approximate surface area is 153 Å². The zero-order valence-electron chi connectivity index (χ0n) is 16.5. The minimum atomic E-state index is -0.332. The predicted molar refractivity (Wildman–Crippen MR) is 102 cm³/mol. The van der Waals surface area contributed by atoms with Gasteiger partial charge >= 0.3 is 0 Å². The summed E-state index contributed by atoms with van der Waals surface area (Å²) in [5.74, 6) is 0.0824. The van der Waals surface area contributed by atoms with Gasteiger partial charge in [0, 0.05) is 18.6 Å². The third-order valence-corrected chi connectivity index (χ3v) is 4.70. The highest BCUT2D eigenvalue weighted by molar-refractivity contribution is 5.70. The maximum atomic E-state index is 12.1. The van der Waals surface area contributed by atoms with Crippen LogP contribution < -0.4 is 11.3 Å². The molecule has 0 aliphatic carbocycles. The van der Waals surface area contributed by atoms with E-state index in [2.05, 4.69) is 61.4 Å². The lowest BCUT2D eigenvalue weighted by Crippen LogP contribution is -2.53. The van der Waals surface area contributed by atoms with Gasteiger partial charge < -0.3 is 10.5 Å². The normalized spacial score (nSPS) is 22.8. The molecule has 1 aliphatic heterocycles. The van der Waals surface area contributed by atoms with Crippen LogP contribution in [0.25, 0.3) is 11.2 Å². The quantitative estimate of drug-likeness (QED) is 0.848. The van der Waals surface area contributed by atoms with E-state index in [1.54, 1.807) is 6.33 Å². The number of imidazole rings is 1. The van der Waals surface area contributed by atoms with Gasteiger partial charge in [0.25, 0.3) is 5.56 Å². The highest BCUT2D eigenvalue weighted by atomic mass is 16.5. The van der Waals surface area contributed by atoms with Crippen molar-refractivity contribution >= 4 is 17.1 Å². The molecule has 8 nitrogen and oxygen atoms in total. The second-order valence-corrected chi connectivity index (χ2v) is 9.33. The summed E-state index contributed by atoms with van der Waals surface area (Å²) in [7, 11) is 0. The Bertz CT molecular complexity index is 842. The molecule has 3 heterocycles. The molecule has 1 saturated heterocycles. The summed E-state index contributed by atoms with van der Waals surface area (Å²) in [6.07, 6.45) is 2.38. The molecule has 0 saturated carbocycles. The van der Waals surface area contributed by atoms with E-state index in [1.807, 2.05) is 4.57 Å². The fraction of sp³-hybridized carbons (Fsp3) is 0.722. The first kappa shape index (κ1) is 18.8. The standard InChI is InChI=1S/C18H30N6O2/c1-17(2,3)7-11-8-23(18(4,5)6)9-12(26-11)24-10-20-13-14(24)21-16(19)22-15(13)25/h10-12H,7-9H2,1-6H3,(H3,19,21,22,25)/t11-,12-/m1/s1. The summed E-state index contributed by atoms with van der Waals surface area (Å²) in [6, 6.07) is 0. The zero-order valence-corrected chi connectivity index (χ0v) is 16.5. The summed E-state index contributed by atoms with van der Waals surface area (Å²) in [5, 5.41) is 0. The Morgan fingerprint density at radius 3 is 2.58 bits per heavy atom. The number of anilines is 1. The molecule has 8 heteroatoms. The van der Waals surface area contributed by atoms with Crippen LogP contribution in [0.1, 0.15) is 54.2 Å². The largest absolute Gasteiger partial charge is 0.369 e. The van der Waals surface area contributed by atoms with Crippen LogP contribution in [0, 0.1) is 5.41 Å². The molecule has 0 radical (unpaired) electrons. The lowest BCUT2D eigenvalue weighted by atomic mass is 9.88. The molecule has 3 N–H and O–H groups in total. The van der Waals surface area contributed by atoms with Gasteiger partial charge in [-0.25, -0.2) is 4.98 Å². The lowest BCUT2D eigenvalue weighted by molar-refractivity contribution is -0.147. The third kappa shape index (κ3) is 3.91. The molecule has 0 bridgehead atoms. The van der Waals surface area contributed by atoms with Crippen molar-refractivity contribution in [3.63, 3.8) is 0 Å². The van der Waals surface area contributed by atoms with Crippen LogP contribution in [0.5, 0.6) is 0 Å². The number of aromatic nitrogens is 4. The minimum absolute atomic E-state index is 0.0124. The first-order valence-corrected chi connectivity index (χ1v) is 9.07. The van der Waals surface area contributed by atoms with Crippen molar-refractivity contribution in [2.75, 3.05) is 18.8 Å². The molecule has 3 rings (SSSR count). The van der Waals surface area contributed by atoms with Gasteiger partial charge in [-0.1, -0.05) is 20.8 Å². The number of hydrogen-bond donors (Lipinski definition) is 2. The number of nitrogens with one attached hydrogen (secondary N) is 1. The van der Waals surface area contributed by atoms with Gasteiger partial charge in [-0.2, -0.15) is 4.98 Å². The van der Waals surface area contributed by atoms with Crippen LogP contribution in [-0.2, 0) is 4.74 Å². The maximum Gasteiger partial charge on any atom is 0.280 e. The summed E-state index contributed by atoms with van der Waals surface area (Å²) in [6.45, 7) is 14.8. The number of hydrogen-bond acceptors (Lipinski definition) is 6. The van der Waals surface area contributed by atoms with E-state index in [4.69, 9.17) is 10.5 Å². The molecule has 2 aromatic heterocycles. The number of ether oxygens (including phenoxy) is 1. The van der Waals surface area contributed by atoms with Crippen LogP contribution in [0.2, 0.25) is 0 Å². The fourth-order valence-electron chi connectivity index (χ4n) is 3.47. The van der Waals surface area contributed by atoms with Crippen LogP contribution in [0.15, 0.2) is 11.1 Å². The Hall–Kier alpha value is -1.93. The van der Waals surface area contributed by atoms with E-state index in [1.165, 1.54) is 0 Å². The van der Waals surface area contributed by atoms with Gasteiger partial charge in [-0.05, 0) is 32.6 Å². The van der Waals surface area contributed by atoms with Gasteiger partial charge in [0.05, 0.1) is 12.4 Å². The number of fused-ring (bicyclic) bond motifs is 1. The van der Waals surface area contributed by atoms with Crippen LogP contribution in [0.4, 0.5) is 5.95 Å². The maximum absolute atomic E-state index is 12.1. The highest BCUT2D eigenvalue weighted by Crippen LogP contribution is 2.32.